The lowest BCUT2D eigenvalue weighted by atomic mass is 9.94. The van der Waals surface area contributed by atoms with Gasteiger partial charge in [-0.25, -0.2) is 0 Å². The predicted molar refractivity (Wildman–Crippen MR) is 78.8 cm³/mol. The number of nitrogens with one attached hydrogen (secondary N) is 1. The summed E-state index contributed by atoms with van der Waals surface area (Å²) >= 11 is 0. The Morgan fingerprint density at radius 2 is 2.15 bits per heavy atom. The third-order valence-electron chi connectivity index (χ3n) is 3.36. The van der Waals surface area contributed by atoms with Crippen molar-refractivity contribution in [2.24, 2.45) is 5.92 Å². The monoisotopic (exact) mass is 282 g/mol. The van der Waals surface area contributed by atoms with E-state index in [2.05, 4.69) is 10.3 Å². The average Bonchev–Trinajstić information content (AvgIpc) is 2.42. The quantitative estimate of drug-likeness (QED) is 0.674. The molecule has 0 fully saturated rings. The maximum Gasteiger partial charge on any atom is 0.137 e. The molecule has 0 aliphatic carbocycles. The number of hydrogen-bond acceptors (Lipinski definition) is 5. The third kappa shape index (κ3) is 5.86. The Balaban J connectivity index is 2.39. The van der Waals surface area contributed by atoms with Crippen molar-refractivity contribution in [1.82, 2.24) is 10.3 Å². The summed E-state index contributed by atoms with van der Waals surface area (Å²) in [5.74, 6) is 0.811. The molecule has 1 atom stereocenters. The van der Waals surface area contributed by atoms with E-state index in [1.807, 2.05) is 26.0 Å². The van der Waals surface area contributed by atoms with Crippen LogP contribution in [0, 0.1) is 5.92 Å². The fourth-order valence-electron chi connectivity index (χ4n) is 1.39. The number of aliphatic hydroxyl groups is 1. The van der Waals surface area contributed by atoms with Crippen molar-refractivity contribution in [3.05, 3.63) is 24.0 Å². The fourth-order valence-corrected chi connectivity index (χ4v) is 1.39. The minimum Gasteiger partial charge on any atom is -0.489 e. The molecule has 0 bridgehead atoms. The van der Waals surface area contributed by atoms with Crippen LogP contribution in [-0.4, -0.2) is 42.6 Å². The largest absolute Gasteiger partial charge is 0.489 e. The molecule has 20 heavy (non-hydrogen) atoms. The molecule has 1 rings (SSSR count). The second-order valence-electron chi connectivity index (χ2n) is 5.46. The number of rotatable bonds is 9. The van der Waals surface area contributed by atoms with Crippen molar-refractivity contribution < 1.29 is 14.6 Å². The molecule has 0 aliphatic heterocycles. The molecule has 0 aliphatic rings. The van der Waals surface area contributed by atoms with E-state index in [9.17, 15) is 5.11 Å². The number of methoxy groups -OCH3 is 1. The van der Waals surface area contributed by atoms with Gasteiger partial charge < -0.3 is 19.9 Å². The summed E-state index contributed by atoms with van der Waals surface area (Å²) in [6, 6.07) is 3.79. The lowest BCUT2D eigenvalue weighted by Crippen LogP contribution is -2.37. The van der Waals surface area contributed by atoms with Crippen LogP contribution in [0.2, 0.25) is 0 Å². The molecular formula is C15H26N2O3. The minimum absolute atomic E-state index is 0.139. The van der Waals surface area contributed by atoms with Crippen molar-refractivity contribution in [2.75, 3.05) is 26.9 Å². The maximum atomic E-state index is 10.1. The van der Waals surface area contributed by atoms with E-state index in [4.69, 9.17) is 9.47 Å². The Bertz CT molecular complexity index is 377. The van der Waals surface area contributed by atoms with Crippen molar-refractivity contribution in [1.29, 1.82) is 0 Å². The highest BCUT2D eigenvalue weighted by atomic mass is 16.5. The fraction of sp³-hybridized carbons (Fsp3) is 0.667. The van der Waals surface area contributed by atoms with Gasteiger partial charge in [-0.05, 0) is 25.0 Å². The lowest BCUT2D eigenvalue weighted by molar-refractivity contribution is -0.0267. The molecule has 1 aromatic heterocycles. The topological polar surface area (TPSA) is 63.6 Å². The molecule has 1 aromatic rings. The summed E-state index contributed by atoms with van der Waals surface area (Å²) in [4.78, 5) is 4.31. The summed E-state index contributed by atoms with van der Waals surface area (Å²) in [5.41, 5.74) is 0.115. The van der Waals surface area contributed by atoms with Crippen LogP contribution in [0.5, 0.6) is 5.75 Å². The van der Waals surface area contributed by atoms with Crippen LogP contribution in [-0.2, 0) is 11.3 Å². The highest BCUT2D eigenvalue weighted by molar-refractivity contribution is 5.20. The van der Waals surface area contributed by atoms with Crippen LogP contribution in [0.3, 0.4) is 0 Å². The molecular weight excluding hydrogens is 256 g/mol. The normalized spacial score (nSPS) is 14.3. The molecule has 1 unspecified atom stereocenters. The van der Waals surface area contributed by atoms with E-state index in [1.165, 1.54) is 0 Å². The van der Waals surface area contributed by atoms with Gasteiger partial charge in [-0.15, -0.1) is 0 Å². The van der Waals surface area contributed by atoms with Gasteiger partial charge in [-0.1, -0.05) is 13.8 Å². The zero-order chi connectivity index (χ0) is 15.0. The Labute approximate surface area is 121 Å². The predicted octanol–water partition coefficient (Wildman–Crippen LogP) is 1.60. The molecule has 5 nitrogen and oxygen atoms in total. The number of aromatic nitrogens is 1. The van der Waals surface area contributed by atoms with Crippen molar-refractivity contribution in [3.63, 3.8) is 0 Å². The lowest BCUT2D eigenvalue weighted by Gasteiger charge is -2.27. The van der Waals surface area contributed by atoms with Crippen LogP contribution in [0.4, 0.5) is 0 Å². The first-order chi connectivity index (χ1) is 9.45. The summed E-state index contributed by atoms with van der Waals surface area (Å²) in [6.07, 6.45) is 1.68. The van der Waals surface area contributed by atoms with Gasteiger partial charge in [0.05, 0.1) is 24.1 Å². The standard InChI is InChI=1S/C15H26N2O3/c1-12(2)15(3,18)11-20-14-6-5-13(17-10-14)9-16-7-8-19-4/h5-6,10,12,16,18H,7-9,11H2,1-4H3. The van der Waals surface area contributed by atoms with Gasteiger partial charge in [-0.3, -0.25) is 4.98 Å². The Hall–Kier alpha value is -1.17. The van der Waals surface area contributed by atoms with Gasteiger partial charge >= 0.3 is 0 Å². The van der Waals surface area contributed by atoms with Crippen molar-refractivity contribution in [2.45, 2.75) is 32.9 Å². The van der Waals surface area contributed by atoms with Crippen LogP contribution in [0.25, 0.3) is 0 Å². The highest BCUT2D eigenvalue weighted by Gasteiger charge is 2.25. The average molecular weight is 282 g/mol. The number of pyridine rings is 1. The third-order valence-corrected chi connectivity index (χ3v) is 3.36. The highest BCUT2D eigenvalue weighted by Crippen LogP contribution is 2.18. The molecule has 2 N–H and O–H groups in total. The number of nitrogens with zero attached hydrogens (tertiary/aromatic N) is 1. The van der Waals surface area contributed by atoms with Crippen LogP contribution >= 0.6 is 0 Å². The SMILES string of the molecule is COCCNCc1ccc(OCC(C)(O)C(C)C)cn1. The molecule has 1 heterocycles. The Morgan fingerprint density at radius 1 is 1.40 bits per heavy atom. The first-order valence-electron chi connectivity index (χ1n) is 6.95. The maximum absolute atomic E-state index is 10.1. The van der Waals surface area contributed by atoms with Crippen LogP contribution < -0.4 is 10.1 Å². The Morgan fingerprint density at radius 3 is 2.70 bits per heavy atom. The Kier molecular flexibility index (Phi) is 6.91. The molecule has 0 amide bonds. The summed E-state index contributed by atoms with van der Waals surface area (Å²) < 4.78 is 10.5. The van der Waals surface area contributed by atoms with Gasteiger partial charge in [0.25, 0.3) is 0 Å². The summed E-state index contributed by atoms with van der Waals surface area (Å²) in [6.45, 7) is 8.16. The molecule has 0 spiro atoms. The van der Waals surface area contributed by atoms with E-state index in [0.29, 0.717) is 18.9 Å². The molecule has 0 saturated heterocycles. The molecule has 114 valence electrons. The molecule has 0 aromatic carbocycles. The van der Waals surface area contributed by atoms with E-state index < -0.39 is 5.60 Å². The van der Waals surface area contributed by atoms with Crippen LogP contribution in [0.1, 0.15) is 26.5 Å². The minimum atomic E-state index is -0.833. The number of hydrogen-bond donors (Lipinski definition) is 2. The van der Waals surface area contributed by atoms with E-state index in [-0.39, 0.29) is 12.5 Å². The molecule has 0 saturated carbocycles. The van der Waals surface area contributed by atoms with Gasteiger partial charge in [0.15, 0.2) is 0 Å². The second kappa shape index (κ2) is 8.19. The zero-order valence-corrected chi connectivity index (χ0v) is 12.8. The first kappa shape index (κ1) is 16.9. The van der Waals surface area contributed by atoms with E-state index >= 15 is 0 Å². The van der Waals surface area contributed by atoms with Gasteiger partial charge in [0.1, 0.15) is 12.4 Å². The first-order valence-corrected chi connectivity index (χ1v) is 6.95. The smallest absolute Gasteiger partial charge is 0.137 e. The molecule has 0 radical (unpaired) electrons. The summed E-state index contributed by atoms with van der Waals surface area (Å²) in [5, 5.41) is 13.3. The number of ether oxygens (including phenoxy) is 2. The zero-order valence-electron chi connectivity index (χ0n) is 12.8. The van der Waals surface area contributed by atoms with Crippen molar-refractivity contribution in [3.8, 4) is 5.75 Å². The van der Waals surface area contributed by atoms with E-state index in [0.717, 1.165) is 12.2 Å². The molecule has 5 heteroatoms. The van der Waals surface area contributed by atoms with Crippen molar-refractivity contribution >= 4 is 0 Å². The van der Waals surface area contributed by atoms with E-state index in [1.54, 1.807) is 20.2 Å². The summed E-state index contributed by atoms with van der Waals surface area (Å²) in [7, 11) is 1.68. The van der Waals surface area contributed by atoms with Crippen LogP contribution in [0.15, 0.2) is 18.3 Å². The second-order valence-corrected chi connectivity index (χ2v) is 5.46. The van der Waals surface area contributed by atoms with Gasteiger partial charge in [0.2, 0.25) is 0 Å². The van der Waals surface area contributed by atoms with Gasteiger partial charge in [0, 0.05) is 20.2 Å². The van der Waals surface area contributed by atoms with Gasteiger partial charge in [-0.2, -0.15) is 0 Å².